The van der Waals surface area contributed by atoms with Crippen LogP contribution in [0.15, 0.2) is 54.6 Å². The van der Waals surface area contributed by atoms with Crippen LogP contribution in [0.25, 0.3) is 23.3 Å². The van der Waals surface area contributed by atoms with Crippen LogP contribution in [-0.4, -0.2) is 6.61 Å². The Morgan fingerprint density at radius 3 is 2.26 bits per heavy atom. The zero-order chi connectivity index (χ0) is 22.2. The molecule has 162 valence electrons. The Balaban J connectivity index is 1.73. The first-order valence-corrected chi connectivity index (χ1v) is 10.7. The van der Waals surface area contributed by atoms with Gasteiger partial charge in [0.05, 0.1) is 6.61 Å². The lowest BCUT2D eigenvalue weighted by atomic mass is 10.0. The minimum absolute atomic E-state index is 0.207. The third-order valence-electron chi connectivity index (χ3n) is 5.17. The lowest BCUT2D eigenvalue weighted by molar-refractivity contribution is 0.338. The van der Waals surface area contributed by atoms with E-state index in [-0.39, 0.29) is 11.4 Å². The molecule has 0 spiro atoms. The molecule has 0 aromatic heterocycles. The maximum atomic E-state index is 14.4. The first-order chi connectivity index (χ1) is 15.0. The number of rotatable bonds is 9. The molecule has 0 saturated heterocycles. The summed E-state index contributed by atoms with van der Waals surface area (Å²) in [5, 5.41) is 0. The largest absolute Gasteiger partial charge is 0.494 e. The molecule has 0 radical (unpaired) electrons. The van der Waals surface area contributed by atoms with Crippen molar-refractivity contribution < 1.29 is 17.9 Å². The highest BCUT2D eigenvalue weighted by Gasteiger charge is 2.11. The van der Waals surface area contributed by atoms with Crippen LogP contribution in [0.4, 0.5) is 13.2 Å². The molecular weight excluding hydrogens is 397 g/mol. The molecule has 0 N–H and O–H groups in total. The van der Waals surface area contributed by atoms with E-state index in [0.717, 1.165) is 30.4 Å². The first kappa shape index (κ1) is 22.7. The van der Waals surface area contributed by atoms with Crippen LogP contribution in [0, 0.1) is 17.5 Å². The molecule has 3 rings (SSSR count). The van der Waals surface area contributed by atoms with Gasteiger partial charge < -0.3 is 4.74 Å². The predicted molar refractivity (Wildman–Crippen MR) is 122 cm³/mol. The van der Waals surface area contributed by atoms with Crippen LogP contribution in [0.3, 0.4) is 0 Å². The standard InChI is InChI=1S/C27H27F3O/c1-3-5-6-7-21-14-15-22(27(30)26(21)29)13-10-19-8-11-20(12-9-19)24-17-16-23(31-4-2)18-25(24)28/h8-18H,3-7H2,1-2H3/b13-10+. The zero-order valence-electron chi connectivity index (χ0n) is 17.9. The average molecular weight is 425 g/mol. The third-order valence-corrected chi connectivity index (χ3v) is 5.17. The molecular formula is C27H27F3O. The SMILES string of the molecule is CCCCCc1ccc(/C=C/c2ccc(-c3ccc(OCC)cc3F)cc2)c(F)c1F. The Morgan fingerprint density at radius 2 is 1.58 bits per heavy atom. The minimum Gasteiger partial charge on any atom is -0.494 e. The van der Waals surface area contributed by atoms with Crippen molar-refractivity contribution in [3.63, 3.8) is 0 Å². The van der Waals surface area contributed by atoms with Gasteiger partial charge in [-0.15, -0.1) is 0 Å². The topological polar surface area (TPSA) is 9.23 Å². The minimum atomic E-state index is -0.821. The van der Waals surface area contributed by atoms with Crippen molar-refractivity contribution in [3.8, 4) is 16.9 Å². The summed E-state index contributed by atoms with van der Waals surface area (Å²) in [4.78, 5) is 0. The summed E-state index contributed by atoms with van der Waals surface area (Å²) in [5.74, 6) is -1.45. The predicted octanol–water partition coefficient (Wildman–Crippen LogP) is 8.07. The van der Waals surface area contributed by atoms with Crippen molar-refractivity contribution in [3.05, 3.63) is 88.7 Å². The number of hydrogen-bond acceptors (Lipinski definition) is 1. The van der Waals surface area contributed by atoms with Gasteiger partial charge in [0.1, 0.15) is 11.6 Å². The van der Waals surface area contributed by atoms with Gasteiger partial charge in [0, 0.05) is 17.2 Å². The fraction of sp³-hybridized carbons (Fsp3) is 0.259. The fourth-order valence-corrected chi connectivity index (χ4v) is 3.44. The molecule has 4 heteroatoms. The second-order valence-electron chi connectivity index (χ2n) is 7.43. The fourth-order valence-electron chi connectivity index (χ4n) is 3.44. The number of halogens is 3. The highest BCUT2D eigenvalue weighted by atomic mass is 19.2. The van der Waals surface area contributed by atoms with Gasteiger partial charge in [-0.1, -0.05) is 68.3 Å². The molecule has 0 aliphatic carbocycles. The van der Waals surface area contributed by atoms with Gasteiger partial charge >= 0.3 is 0 Å². The average Bonchev–Trinajstić information content (AvgIpc) is 2.77. The summed E-state index contributed by atoms with van der Waals surface area (Å²) in [6.07, 6.45) is 6.70. The van der Waals surface area contributed by atoms with Crippen LogP contribution in [0.2, 0.25) is 0 Å². The summed E-state index contributed by atoms with van der Waals surface area (Å²) < 4.78 is 48.4. The molecule has 0 atom stereocenters. The molecule has 0 amide bonds. The van der Waals surface area contributed by atoms with Crippen LogP contribution in [-0.2, 0) is 6.42 Å². The van der Waals surface area contributed by atoms with E-state index in [4.69, 9.17) is 4.74 Å². The van der Waals surface area contributed by atoms with Gasteiger partial charge in [0.2, 0.25) is 0 Å². The first-order valence-electron chi connectivity index (χ1n) is 10.7. The van der Waals surface area contributed by atoms with Gasteiger partial charge in [-0.3, -0.25) is 0 Å². The van der Waals surface area contributed by atoms with E-state index < -0.39 is 11.6 Å². The quantitative estimate of drug-likeness (QED) is 0.249. The summed E-state index contributed by atoms with van der Waals surface area (Å²) in [5.41, 5.74) is 2.64. The Kier molecular flexibility index (Phi) is 7.94. The van der Waals surface area contributed by atoms with Crippen molar-refractivity contribution in [1.29, 1.82) is 0 Å². The van der Waals surface area contributed by atoms with Gasteiger partial charge in [-0.25, -0.2) is 13.2 Å². The molecule has 0 bridgehead atoms. The van der Waals surface area contributed by atoms with E-state index in [1.807, 2.05) is 19.1 Å². The zero-order valence-corrected chi connectivity index (χ0v) is 17.9. The summed E-state index contributed by atoms with van der Waals surface area (Å²) in [6, 6.07) is 15.3. The summed E-state index contributed by atoms with van der Waals surface area (Å²) >= 11 is 0. The van der Waals surface area contributed by atoms with Gasteiger partial charge in [0.15, 0.2) is 11.6 Å². The Bertz CT molecular complexity index is 1040. The van der Waals surface area contributed by atoms with E-state index >= 15 is 0 Å². The molecule has 0 aliphatic rings. The lowest BCUT2D eigenvalue weighted by Crippen LogP contribution is -1.97. The second kappa shape index (κ2) is 10.9. The maximum absolute atomic E-state index is 14.4. The molecule has 1 nitrogen and oxygen atoms in total. The molecule has 0 unspecified atom stereocenters. The molecule has 31 heavy (non-hydrogen) atoms. The number of aryl methyl sites for hydroxylation is 1. The molecule has 0 aliphatic heterocycles. The van der Waals surface area contributed by atoms with E-state index in [1.165, 1.54) is 6.07 Å². The Morgan fingerprint density at radius 1 is 0.806 bits per heavy atom. The third kappa shape index (κ3) is 5.78. The summed E-state index contributed by atoms with van der Waals surface area (Å²) in [7, 11) is 0. The smallest absolute Gasteiger partial charge is 0.166 e. The summed E-state index contributed by atoms with van der Waals surface area (Å²) in [6.45, 7) is 4.40. The monoisotopic (exact) mass is 424 g/mol. The van der Waals surface area contributed by atoms with E-state index in [2.05, 4.69) is 6.92 Å². The number of benzene rings is 3. The molecule has 0 saturated carbocycles. The van der Waals surface area contributed by atoms with E-state index in [1.54, 1.807) is 48.6 Å². The van der Waals surface area contributed by atoms with E-state index in [0.29, 0.717) is 29.9 Å². The molecule has 3 aromatic rings. The molecule has 0 fully saturated rings. The van der Waals surface area contributed by atoms with Crippen LogP contribution in [0.1, 0.15) is 49.8 Å². The van der Waals surface area contributed by atoms with Gasteiger partial charge in [0.25, 0.3) is 0 Å². The Hall–Kier alpha value is -3.01. The van der Waals surface area contributed by atoms with Crippen molar-refractivity contribution in [2.75, 3.05) is 6.61 Å². The highest BCUT2D eigenvalue weighted by molar-refractivity contribution is 5.72. The van der Waals surface area contributed by atoms with Crippen LogP contribution >= 0.6 is 0 Å². The van der Waals surface area contributed by atoms with Crippen molar-refractivity contribution in [2.24, 2.45) is 0 Å². The van der Waals surface area contributed by atoms with Crippen molar-refractivity contribution >= 4 is 12.2 Å². The lowest BCUT2D eigenvalue weighted by Gasteiger charge is -2.08. The Labute approximate surface area is 182 Å². The number of unbranched alkanes of at least 4 members (excludes halogenated alkanes) is 2. The highest BCUT2D eigenvalue weighted by Crippen LogP contribution is 2.27. The molecule has 3 aromatic carbocycles. The number of hydrogen-bond donors (Lipinski definition) is 0. The van der Waals surface area contributed by atoms with Crippen LogP contribution < -0.4 is 4.74 Å². The molecule has 0 heterocycles. The van der Waals surface area contributed by atoms with Crippen molar-refractivity contribution in [2.45, 2.75) is 39.5 Å². The normalized spacial score (nSPS) is 11.3. The number of ether oxygens (including phenoxy) is 1. The van der Waals surface area contributed by atoms with Gasteiger partial charge in [-0.2, -0.15) is 0 Å². The van der Waals surface area contributed by atoms with Crippen LogP contribution in [0.5, 0.6) is 5.75 Å². The second-order valence-corrected chi connectivity index (χ2v) is 7.43. The van der Waals surface area contributed by atoms with E-state index in [9.17, 15) is 13.2 Å². The maximum Gasteiger partial charge on any atom is 0.166 e. The van der Waals surface area contributed by atoms with Gasteiger partial charge in [-0.05, 0) is 48.6 Å². The van der Waals surface area contributed by atoms with Crippen molar-refractivity contribution in [1.82, 2.24) is 0 Å².